The summed E-state index contributed by atoms with van der Waals surface area (Å²) in [5.41, 5.74) is 0. The first-order valence-electron chi connectivity index (χ1n) is 3.10. The van der Waals surface area contributed by atoms with Crippen LogP contribution in [-0.2, 0) is 0 Å². The molecule has 0 radical (unpaired) electrons. The third kappa shape index (κ3) is 3.07. The lowest BCUT2D eigenvalue weighted by Gasteiger charge is -2.08. The largest absolute Gasteiger partial charge is 0.434 e. The van der Waals surface area contributed by atoms with Gasteiger partial charge in [0.25, 0.3) is 0 Å². The van der Waals surface area contributed by atoms with Crippen molar-refractivity contribution in [3.05, 3.63) is 26.1 Å². The summed E-state index contributed by atoms with van der Waals surface area (Å²) in [6, 6.07) is 2.98. The van der Waals surface area contributed by atoms with Gasteiger partial charge in [-0.15, -0.1) is 0 Å². The molecule has 0 aromatic heterocycles. The maximum absolute atomic E-state index is 11.9. The van der Waals surface area contributed by atoms with Gasteiger partial charge in [-0.05, 0) is 28.1 Å². The van der Waals surface area contributed by atoms with Crippen molar-refractivity contribution < 1.29 is 13.5 Å². The summed E-state index contributed by atoms with van der Waals surface area (Å²) >= 11 is 11.8. The smallest absolute Gasteiger partial charge is 0.387 e. The molecule has 13 heavy (non-hydrogen) atoms. The molecule has 0 atom stereocenters. The zero-order chi connectivity index (χ0) is 10.0. The van der Waals surface area contributed by atoms with E-state index in [1.165, 1.54) is 6.07 Å². The summed E-state index contributed by atoms with van der Waals surface area (Å²) < 4.78 is 28.8. The van der Waals surface area contributed by atoms with E-state index in [-0.39, 0.29) is 5.75 Å². The zero-order valence-electron chi connectivity index (χ0n) is 6.03. The number of alkyl halides is 2. The average molecular weight is 336 g/mol. The molecule has 6 heteroatoms. The predicted octanol–water partition coefficient (Wildman–Crippen LogP) is 4.47. The molecule has 0 N–H and O–H groups in total. The van der Waals surface area contributed by atoms with E-state index in [1.807, 2.05) is 0 Å². The van der Waals surface area contributed by atoms with Crippen LogP contribution in [0.15, 0.2) is 21.1 Å². The van der Waals surface area contributed by atoms with Crippen LogP contribution in [-0.4, -0.2) is 6.61 Å². The van der Waals surface area contributed by atoms with Crippen LogP contribution in [0.3, 0.4) is 0 Å². The molecule has 0 saturated carbocycles. The number of hydrogen-bond donors (Lipinski definition) is 0. The third-order valence-electron chi connectivity index (χ3n) is 1.18. The van der Waals surface area contributed by atoms with E-state index in [0.29, 0.717) is 14.0 Å². The molecule has 0 spiro atoms. The Morgan fingerprint density at radius 1 is 1.31 bits per heavy atom. The average Bonchev–Trinajstić information content (AvgIpc) is 1.98. The van der Waals surface area contributed by atoms with Gasteiger partial charge in [-0.25, -0.2) is 0 Å². The normalized spacial score (nSPS) is 10.6. The Hall–Kier alpha value is 0.130. The molecule has 1 aromatic rings. The Balaban J connectivity index is 3.05. The number of hydrogen-bond acceptors (Lipinski definition) is 1. The molecule has 0 bridgehead atoms. The highest BCUT2D eigenvalue weighted by Gasteiger charge is 2.11. The Morgan fingerprint density at radius 2 is 1.92 bits per heavy atom. The summed E-state index contributed by atoms with van der Waals surface area (Å²) in [7, 11) is 0. The molecule has 0 aliphatic rings. The lowest BCUT2D eigenvalue weighted by atomic mass is 10.3. The van der Waals surface area contributed by atoms with Gasteiger partial charge < -0.3 is 4.74 Å². The maximum Gasteiger partial charge on any atom is 0.387 e. The highest BCUT2D eigenvalue weighted by molar-refractivity contribution is 9.11. The molecule has 1 rings (SSSR count). The van der Waals surface area contributed by atoms with Crippen molar-refractivity contribution in [1.82, 2.24) is 0 Å². The van der Waals surface area contributed by atoms with E-state index in [2.05, 4.69) is 36.6 Å². The van der Waals surface area contributed by atoms with Crippen molar-refractivity contribution in [2.24, 2.45) is 0 Å². The van der Waals surface area contributed by atoms with Crippen molar-refractivity contribution in [2.75, 3.05) is 0 Å². The zero-order valence-corrected chi connectivity index (χ0v) is 9.96. The molecule has 0 unspecified atom stereocenters. The van der Waals surface area contributed by atoms with Crippen molar-refractivity contribution >= 4 is 43.5 Å². The second-order valence-electron chi connectivity index (χ2n) is 2.08. The predicted molar refractivity (Wildman–Crippen MR) is 53.5 cm³/mol. The monoisotopic (exact) mass is 334 g/mol. The highest BCUT2D eigenvalue weighted by atomic mass is 79.9. The van der Waals surface area contributed by atoms with Gasteiger partial charge in [0.2, 0.25) is 0 Å². The minimum atomic E-state index is -2.86. The SMILES string of the molecule is FC(F)Oc1cc(Br)cc(Cl)c1Br. The van der Waals surface area contributed by atoms with Gasteiger partial charge >= 0.3 is 6.61 Å². The summed E-state index contributed by atoms with van der Waals surface area (Å²) in [5, 5.41) is 0.310. The summed E-state index contributed by atoms with van der Waals surface area (Å²) in [4.78, 5) is 0. The number of rotatable bonds is 2. The van der Waals surface area contributed by atoms with Gasteiger partial charge in [0.05, 0.1) is 9.50 Å². The highest BCUT2D eigenvalue weighted by Crippen LogP contribution is 2.36. The molecule has 0 aliphatic carbocycles. The lowest BCUT2D eigenvalue weighted by Crippen LogP contribution is -2.02. The van der Waals surface area contributed by atoms with Crippen LogP contribution in [0.4, 0.5) is 8.78 Å². The molecule has 0 saturated heterocycles. The standard InChI is InChI=1S/C7H3Br2ClF2O/c8-3-1-4(10)6(9)5(2-3)13-7(11)12/h1-2,7H. The number of benzene rings is 1. The fourth-order valence-corrected chi connectivity index (χ4v) is 1.82. The molecule has 0 heterocycles. The van der Waals surface area contributed by atoms with Crippen LogP contribution < -0.4 is 4.74 Å². The molecule has 1 nitrogen and oxygen atoms in total. The van der Waals surface area contributed by atoms with E-state index >= 15 is 0 Å². The quantitative estimate of drug-likeness (QED) is 0.724. The molecule has 0 fully saturated rings. The second kappa shape index (κ2) is 4.57. The molecule has 0 amide bonds. The summed E-state index contributed by atoms with van der Waals surface area (Å²) in [6.45, 7) is -2.86. The Bertz CT molecular complexity index is 320. The van der Waals surface area contributed by atoms with E-state index in [4.69, 9.17) is 11.6 Å². The minimum absolute atomic E-state index is 0.00868. The van der Waals surface area contributed by atoms with Crippen LogP contribution in [0.5, 0.6) is 5.75 Å². The van der Waals surface area contributed by atoms with Crippen molar-refractivity contribution in [2.45, 2.75) is 6.61 Å². The first-order valence-corrected chi connectivity index (χ1v) is 5.06. The first kappa shape index (κ1) is 11.2. The third-order valence-corrected chi connectivity index (χ3v) is 2.98. The van der Waals surface area contributed by atoms with Gasteiger partial charge in [-0.2, -0.15) is 8.78 Å². The van der Waals surface area contributed by atoms with Crippen molar-refractivity contribution in [3.63, 3.8) is 0 Å². The van der Waals surface area contributed by atoms with Crippen LogP contribution in [0.25, 0.3) is 0 Å². The fourth-order valence-electron chi connectivity index (χ4n) is 0.714. The molecular formula is C7H3Br2ClF2O. The number of ether oxygens (including phenoxy) is 1. The minimum Gasteiger partial charge on any atom is -0.434 e. The van der Waals surface area contributed by atoms with Gasteiger partial charge in [-0.3, -0.25) is 0 Å². The molecular weight excluding hydrogens is 333 g/mol. The van der Waals surface area contributed by atoms with Gasteiger partial charge in [0.1, 0.15) is 5.75 Å². The van der Waals surface area contributed by atoms with E-state index < -0.39 is 6.61 Å². The van der Waals surface area contributed by atoms with Crippen molar-refractivity contribution in [1.29, 1.82) is 0 Å². The molecule has 0 aliphatic heterocycles. The van der Waals surface area contributed by atoms with E-state index in [0.717, 1.165) is 0 Å². The van der Waals surface area contributed by atoms with Gasteiger partial charge in [0.15, 0.2) is 0 Å². The summed E-state index contributed by atoms with van der Waals surface area (Å²) in [6.07, 6.45) is 0. The van der Waals surface area contributed by atoms with Gasteiger partial charge in [-0.1, -0.05) is 27.5 Å². The summed E-state index contributed by atoms with van der Waals surface area (Å²) in [5.74, 6) is 0.00868. The topological polar surface area (TPSA) is 9.23 Å². The fraction of sp³-hybridized carbons (Fsp3) is 0.143. The van der Waals surface area contributed by atoms with Gasteiger partial charge in [0, 0.05) is 4.47 Å². The Kier molecular flexibility index (Phi) is 3.94. The Morgan fingerprint density at radius 3 is 2.46 bits per heavy atom. The van der Waals surface area contributed by atoms with Crippen LogP contribution in [0, 0.1) is 0 Å². The van der Waals surface area contributed by atoms with Crippen molar-refractivity contribution in [3.8, 4) is 5.75 Å². The van der Waals surface area contributed by atoms with E-state index in [1.54, 1.807) is 6.07 Å². The Labute approximate surface area is 95.3 Å². The lowest BCUT2D eigenvalue weighted by molar-refractivity contribution is -0.0503. The molecule has 72 valence electrons. The van der Waals surface area contributed by atoms with Crippen LogP contribution >= 0.6 is 43.5 Å². The van der Waals surface area contributed by atoms with E-state index in [9.17, 15) is 8.78 Å². The first-order chi connectivity index (χ1) is 6.00. The molecule has 1 aromatic carbocycles. The van der Waals surface area contributed by atoms with Crippen LogP contribution in [0.1, 0.15) is 0 Å². The number of halogens is 5. The maximum atomic E-state index is 11.9. The van der Waals surface area contributed by atoms with Crippen LogP contribution in [0.2, 0.25) is 5.02 Å². The second-order valence-corrected chi connectivity index (χ2v) is 4.19.